The number of amides is 1. The number of anilines is 1. The molecule has 3 rings (SSSR count). The Morgan fingerprint density at radius 2 is 2.04 bits per heavy atom. The summed E-state index contributed by atoms with van der Waals surface area (Å²) in [7, 11) is 0. The van der Waals surface area contributed by atoms with Crippen LogP contribution in [0, 0.1) is 0 Å². The number of benzene rings is 1. The van der Waals surface area contributed by atoms with Gasteiger partial charge in [-0.1, -0.05) is 37.7 Å². The first-order chi connectivity index (χ1) is 11.0. The molecule has 0 aliphatic heterocycles. The van der Waals surface area contributed by atoms with Crippen LogP contribution in [0.3, 0.4) is 0 Å². The van der Waals surface area contributed by atoms with E-state index in [1.807, 2.05) is 24.3 Å². The number of nitrogens with one attached hydrogen (secondary N) is 1. The molecule has 0 radical (unpaired) electrons. The number of carbonyl (C=O) groups is 1. The van der Waals surface area contributed by atoms with E-state index >= 15 is 0 Å². The lowest BCUT2D eigenvalue weighted by Gasteiger charge is -2.08. The van der Waals surface area contributed by atoms with Crippen molar-refractivity contribution in [2.24, 2.45) is 0 Å². The second-order valence-electron chi connectivity index (χ2n) is 6.10. The summed E-state index contributed by atoms with van der Waals surface area (Å²) in [5, 5.41) is 11.6. The molecule has 7 heteroatoms. The van der Waals surface area contributed by atoms with Gasteiger partial charge >= 0.3 is 0 Å². The Morgan fingerprint density at radius 3 is 2.65 bits per heavy atom. The molecule has 1 saturated carbocycles. The standard InChI is InChI=1S/C16H21N5OS/c1-10(2)11-5-7-13(8-6-11)18-14(22)9-23-16-20-19-15(21(16)17)12-3-4-12/h5-8,10,12H,3-4,9,17H2,1-2H3,(H,18,22). The molecule has 1 aliphatic carbocycles. The zero-order valence-electron chi connectivity index (χ0n) is 13.3. The van der Waals surface area contributed by atoms with Crippen molar-refractivity contribution < 1.29 is 4.79 Å². The molecule has 0 saturated heterocycles. The highest BCUT2D eigenvalue weighted by molar-refractivity contribution is 7.99. The van der Waals surface area contributed by atoms with Crippen molar-refractivity contribution in [3.63, 3.8) is 0 Å². The van der Waals surface area contributed by atoms with E-state index in [2.05, 4.69) is 29.4 Å². The number of aromatic nitrogens is 3. The Kier molecular flexibility index (Phi) is 4.56. The number of hydrogen-bond acceptors (Lipinski definition) is 5. The lowest BCUT2D eigenvalue weighted by molar-refractivity contribution is -0.113. The second-order valence-corrected chi connectivity index (χ2v) is 7.04. The maximum atomic E-state index is 12.0. The monoisotopic (exact) mass is 331 g/mol. The number of carbonyl (C=O) groups excluding carboxylic acids is 1. The highest BCUT2D eigenvalue weighted by atomic mass is 32.2. The summed E-state index contributed by atoms with van der Waals surface area (Å²) in [6.45, 7) is 4.28. The van der Waals surface area contributed by atoms with Crippen molar-refractivity contribution in [3.05, 3.63) is 35.7 Å². The van der Waals surface area contributed by atoms with Crippen molar-refractivity contribution in [2.75, 3.05) is 16.9 Å². The Morgan fingerprint density at radius 1 is 1.35 bits per heavy atom. The van der Waals surface area contributed by atoms with Gasteiger partial charge in [0.25, 0.3) is 0 Å². The molecule has 1 aromatic carbocycles. The van der Waals surface area contributed by atoms with Crippen molar-refractivity contribution in [1.82, 2.24) is 14.9 Å². The van der Waals surface area contributed by atoms with Gasteiger partial charge in [-0.25, -0.2) is 4.68 Å². The topological polar surface area (TPSA) is 85.8 Å². The van der Waals surface area contributed by atoms with Crippen LogP contribution in [0.15, 0.2) is 29.4 Å². The molecule has 0 bridgehead atoms. The number of nitrogens with two attached hydrogens (primary N) is 1. The molecule has 1 aromatic heterocycles. The van der Waals surface area contributed by atoms with E-state index < -0.39 is 0 Å². The lowest BCUT2D eigenvalue weighted by Crippen LogP contribution is -2.17. The molecule has 1 amide bonds. The van der Waals surface area contributed by atoms with Gasteiger partial charge < -0.3 is 11.2 Å². The average Bonchev–Trinajstić information content (AvgIpc) is 3.30. The van der Waals surface area contributed by atoms with Crippen molar-refractivity contribution in [2.45, 2.75) is 43.7 Å². The van der Waals surface area contributed by atoms with Crippen LogP contribution in [0.25, 0.3) is 0 Å². The van der Waals surface area contributed by atoms with Crippen LogP contribution < -0.4 is 11.2 Å². The maximum Gasteiger partial charge on any atom is 0.234 e. The van der Waals surface area contributed by atoms with Gasteiger partial charge in [0.15, 0.2) is 5.82 Å². The molecule has 3 N–H and O–H groups in total. The lowest BCUT2D eigenvalue weighted by atomic mass is 10.0. The average molecular weight is 331 g/mol. The van der Waals surface area contributed by atoms with E-state index in [9.17, 15) is 4.79 Å². The zero-order valence-corrected chi connectivity index (χ0v) is 14.1. The van der Waals surface area contributed by atoms with E-state index in [4.69, 9.17) is 5.84 Å². The first-order valence-electron chi connectivity index (χ1n) is 7.77. The van der Waals surface area contributed by atoms with Crippen LogP contribution in [0.2, 0.25) is 0 Å². The van der Waals surface area contributed by atoms with Crippen LogP contribution in [-0.4, -0.2) is 26.5 Å². The zero-order chi connectivity index (χ0) is 16.4. The number of rotatable bonds is 6. The summed E-state index contributed by atoms with van der Waals surface area (Å²) in [6, 6.07) is 7.92. The van der Waals surface area contributed by atoms with Gasteiger partial charge in [-0.15, -0.1) is 10.2 Å². The molecule has 122 valence electrons. The Labute approximate surface area is 139 Å². The molecule has 6 nitrogen and oxygen atoms in total. The summed E-state index contributed by atoms with van der Waals surface area (Å²) in [6.07, 6.45) is 2.24. The van der Waals surface area contributed by atoms with E-state index in [1.54, 1.807) is 0 Å². The Balaban J connectivity index is 1.53. The fourth-order valence-electron chi connectivity index (χ4n) is 2.29. The third kappa shape index (κ3) is 3.85. The molecular formula is C16H21N5OS. The normalized spacial score (nSPS) is 14.2. The highest BCUT2D eigenvalue weighted by Crippen LogP contribution is 2.39. The van der Waals surface area contributed by atoms with Crippen molar-refractivity contribution in [3.8, 4) is 0 Å². The quantitative estimate of drug-likeness (QED) is 0.628. The number of hydrogen-bond donors (Lipinski definition) is 2. The predicted octanol–water partition coefficient (Wildman–Crippen LogP) is 2.72. The number of nitrogen functional groups attached to an aromatic ring is 1. The summed E-state index contributed by atoms with van der Waals surface area (Å²) >= 11 is 1.30. The predicted molar refractivity (Wildman–Crippen MR) is 92.0 cm³/mol. The smallest absolute Gasteiger partial charge is 0.234 e. The summed E-state index contributed by atoms with van der Waals surface area (Å²) in [4.78, 5) is 12.0. The van der Waals surface area contributed by atoms with Gasteiger partial charge in [0.1, 0.15) is 0 Å². The number of nitrogens with zero attached hydrogens (tertiary/aromatic N) is 3. The molecule has 0 atom stereocenters. The van der Waals surface area contributed by atoms with E-state index in [-0.39, 0.29) is 11.7 Å². The first kappa shape index (κ1) is 15.9. The third-order valence-electron chi connectivity index (χ3n) is 3.83. The van der Waals surface area contributed by atoms with Crippen molar-refractivity contribution >= 4 is 23.4 Å². The minimum atomic E-state index is -0.0803. The molecule has 0 spiro atoms. The maximum absolute atomic E-state index is 12.0. The van der Waals surface area contributed by atoms with Gasteiger partial charge in [0, 0.05) is 11.6 Å². The van der Waals surface area contributed by atoms with Crippen molar-refractivity contribution in [1.29, 1.82) is 0 Å². The van der Waals surface area contributed by atoms with E-state index in [0.717, 1.165) is 24.4 Å². The molecule has 1 aliphatic rings. The third-order valence-corrected chi connectivity index (χ3v) is 4.77. The van der Waals surface area contributed by atoms with E-state index in [0.29, 0.717) is 17.0 Å². The van der Waals surface area contributed by atoms with E-state index in [1.165, 1.54) is 22.0 Å². The minimum absolute atomic E-state index is 0.0803. The second kappa shape index (κ2) is 6.62. The molecule has 0 unspecified atom stereocenters. The van der Waals surface area contributed by atoms with Crippen LogP contribution in [0.5, 0.6) is 0 Å². The SMILES string of the molecule is CC(C)c1ccc(NC(=O)CSc2nnc(C3CC3)n2N)cc1. The minimum Gasteiger partial charge on any atom is -0.336 e. The van der Waals surface area contributed by atoms with Crippen LogP contribution in [-0.2, 0) is 4.79 Å². The van der Waals surface area contributed by atoms with Crippen LogP contribution in [0.4, 0.5) is 5.69 Å². The largest absolute Gasteiger partial charge is 0.336 e. The van der Waals surface area contributed by atoms with Gasteiger partial charge in [0.2, 0.25) is 11.1 Å². The molecular weight excluding hydrogens is 310 g/mol. The number of thioether (sulfide) groups is 1. The van der Waals surface area contributed by atoms with Gasteiger partial charge in [0.05, 0.1) is 5.75 Å². The van der Waals surface area contributed by atoms with Gasteiger partial charge in [-0.05, 0) is 36.5 Å². The molecule has 1 fully saturated rings. The molecule has 1 heterocycles. The van der Waals surface area contributed by atoms with Crippen LogP contribution >= 0.6 is 11.8 Å². The fourth-order valence-corrected chi connectivity index (χ4v) is 2.95. The first-order valence-corrected chi connectivity index (χ1v) is 8.76. The summed E-state index contributed by atoms with van der Waals surface area (Å²) in [5.74, 6) is 7.88. The Hall–Kier alpha value is -2.02. The molecule has 23 heavy (non-hydrogen) atoms. The Bertz CT molecular complexity index is 691. The fraction of sp³-hybridized carbons (Fsp3) is 0.438. The highest BCUT2D eigenvalue weighted by Gasteiger charge is 2.30. The van der Waals surface area contributed by atoms with Gasteiger partial charge in [-0.2, -0.15) is 0 Å². The summed E-state index contributed by atoms with van der Waals surface area (Å²) < 4.78 is 1.51. The molecule has 2 aromatic rings. The van der Waals surface area contributed by atoms with Crippen LogP contribution in [0.1, 0.15) is 49.9 Å². The van der Waals surface area contributed by atoms with Gasteiger partial charge in [-0.3, -0.25) is 4.79 Å². The summed E-state index contributed by atoms with van der Waals surface area (Å²) in [5.41, 5.74) is 2.05.